The van der Waals surface area contributed by atoms with Crippen molar-refractivity contribution in [2.45, 2.75) is 39.3 Å². The summed E-state index contributed by atoms with van der Waals surface area (Å²) in [4.78, 5) is 11.0. The number of carbonyl (C=O) groups is 1. The molecule has 1 aromatic rings. The third-order valence-electron chi connectivity index (χ3n) is 3.28. The molecule has 0 spiro atoms. The van der Waals surface area contributed by atoms with E-state index in [0.717, 1.165) is 5.56 Å². The predicted molar refractivity (Wildman–Crippen MR) is 73.2 cm³/mol. The minimum atomic E-state index is -1.00. The summed E-state index contributed by atoms with van der Waals surface area (Å²) >= 11 is 0. The SMILES string of the molecule is CC(C)(COc1cc(F)cc(CNC2CC2)c1)C(=O)O. The molecule has 1 aliphatic rings. The minimum absolute atomic E-state index is 0.00127. The van der Waals surface area contributed by atoms with E-state index in [4.69, 9.17) is 9.84 Å². The Labute approximate surface area is 117 Å². The summed E-state index contributed by atoms with van der Waals surface area (Å²) in [5.41, 5.74) is -0.196. The third kappa shape index (κ3) is 4.20. The van der Waals surface area contributed by atoms with E-state index in [2.05, 4.69) is 5.32 Å². The van der Waals surface area contributed by atoms with Crippen LogP contribution in [0.15, 0.2) is 18.2 Å². The molecule has 20 heavy (non-hydrogen) atoms. The second-order valence-electron chi connectivity index (χ2n) is 5.93. The first kappa shape index (κ1) is 14.8. The van der Waals surface area contributed by atoms with E-state index in [0.29, 0.717) is 18.3 Å². The van der Waals surface area contributed by atoms with Crippen molar-refractivity contribution < 1.29 is 19.0 Å². The number of carboxylic acids is 1. The fraction of sp³-hybridized carbons (Fsp3) is 0.533. The van der Waals surface area contributed by atoms with Crippen LogP contribution >= 0.6 is 0 Å². The van der Waals surface area contributed by atoms with Crippen LogP contribution in [0.25, 0.3) is 0 Å². The van der Waals surface area contributed by atoms with Crippen LogP contribution in [0.2, 0.25) is 0 Å². The highest BCUT2D eigenvalue weighted by Gasteiger charge is 2.28. The zero-order valence-electron chi connectivity index (χ0n) is 11.8. The van der Waals surface area contributed by atoms with Crippen molar-refractivity contribution in [3.05, 3.63) is 29.6 Å². The van der Waals surface area contributed by atoms with E-state index >= 15 is 0 Å². The fourth-order valence-electron chi connectivity index (χ4n) is 1.68. The van der Waals surface area contributed by atoms with E-state index in [1.54, 1.807) is 19.9 Å². The Kier molecular flexibility index (Phi) is 4.28. The zero-order valence-corrected chi connectivity index (χ0v) is 11.8. The van der Waals surface area contributed by atoms with Crippen LogP contribution in [0.3, 0.4) is 0 Å². The normalized spacial score (nSPS) is 15.2. The van der Waals surface area contributed by atoms with Crippen LogP contribution in [0.5, 0.6) is 5.75 Å². The first-order valence-electron chi connectivity index (χ1n) is 6.76. The molecular weight excluding hydrogens is 261 g/mol. The summed E-state index contributed by atoms with van der Waals surface area (Å²) in [6, 6.07) is 5.04. The van der Waals surface area contributed by atoms with Gasteiger partial charge in [0.05, 0.1) is 5.41 Å². The number of halogens is 1. The number of ether oxygens (including phenoxy) is 1. The number of nitrogens with one attached hydrogen (secondary N) is 1. The van der Waals surface area contributed by atoms with E-state index < -0.39 is 11.4 Å². The maximum atomic E-state index is 13.5. The number of benzene rings is 1. The second-order valence-corrected chi connectivity index (χ2v) is 5.93. The molecule has 2 N–H and O–H groups in total. The lowest BCUT2D eigenvalue weighted by molar-refractivity contribution is -0.148. The van der Waals surface area contributed by atoms with Gasteiger partial charge in [0.2, 0.25) is 0 Å². The molecule has 2 rings (SSSR count). The monoisotopic (exact) mass is 281 g/mol. The summed E-state index contributed by atoms with van der Waals surface area (Å²) < 4.78 is 18.9. The van der Waals surface area contributed by atoms with Crippen molar-refractivity contribution in [1.29, 1.82) is 0 Å². The highest BCUT2D eigenvalue weighted by Crippen LogP contribution is 2.23. The maximum Gasteiger partial charge on any atom is 0.312 e. The molecule has 1 fully saturated rings. The van der Waals surface area contributed by atoms with Crippen LogP contribution in [-0.2, 0) is 11.3 Å². The molecule has 0 aliphatic heterocycles. The molecule has 110 valence electrons. The standard InChI is InChI=1S/C15H20FNO3/c1-15(2,14(18)19)9-20-13-6-10(5-11(16)7-13)8-17-12-3-4-12/h5-7,12,17H,3-4,8-9H2,1-2H3,(H,18,19). The number of carboxylic acid groups (broad SMARTS) is 1. The van der Waals surface area contributed by atoms with Gasteiger partial charge in [-0.25, -0.2) is 4.39 Å². The van der Waals surface area contributed by atoms with Crippen LogP contribution in [-0.4, -0.2) is 23.7 Å². The van der Waals surface area contributed by atoms with E-state index in [1.165, 1.54) is 25.0 Å². The van der Waals surface area contributed by atoms with Gasteiger partial charge in [0.1, 0.15) is 18.2 Å². The van der Waals surface area contributed by atoms with E-state index in [-0.39, 0.29) is 12.4 Å². The molecule has 4 nitrogen and oxygen atoms in total. The van der Waals surface area contributed by atoms with Crippen molar-refractivity contribution >= 4 is 5.97 Å². The van der Waals surface area contributed by atoms with Crippen LogP contribution in [0.1, 0.15) is 32.3 Å². The van der Waals surface area contributed by atoms with Gasteiger partial charge in [-0.2, -0.15) is 0 Å². The average Bonchev–Trinajstić information content (AvgIpc) is 3.17. The van der Waals surface area contributed by atoms with E-state index in [9.17, 15) is 9.18 Å². The van der Waals surface area contributed by atoms with Crippen molar-refractivity contribution in [3.8, 4) is 5.75 Å². The van der Waals surface area contributed by atoms with Crippen molar-refractivity contribution in [1.82, 2.24) is 5.32 Å². The molecular formula is C15H20FNO3. The zero-order chi connectivity index (χ0) is 14.8. The number of aliphatic carboxylic acids is 1. The Morgan fingerprint density at radius 2 is 2.15 bits per heavy atom. The summed E-state index contributed by atoms with van der Waals surface area (Å²) in [5.74, 6) is -0.945. The molecule has 0 atom stereocenters. The maximum absolute atomic E-state index is 13.5. The van der Waals surface area contributed by atoms with Crippen molar-refractivity contribution in [3.63, 3.8) is 0 Å². The molecule has 1 saturated carbocycles. The van der Waals surface area contributed by atoms with Crippen molar-refractivity contribution in [2.24, 2.45) is 5.41 Å². The van der Waals surface area contributed by atoms with Gasteiger partial charge in [0.25, 0.3) is 0 Å². The smallest absolute Gasteiger partial charge is 0.312 e. The van der Waals surface area contributed by atoms with E-state index in [1.807, 2.05) is 0 Å². The Balaban J connectivity index is 1.97. The highest BCUT2D eigenvalue weighted by molar-refractivity contribution is 5.73. The van der Waals surface area contributed by atoms with Gasteiger partial charge in [-0.15, -0.1) is 0 Å². The quantitative estimate of drug-likeness (QED) is 0.806. The third-order valence-corrected chi connectivity index (χ3v) is 3.28. The Hall–Kier alpha value is -1.62. The Morgan fingerprint density at radius 1 is 1.45 bits per heavy atom. The lowest BCUT2D eigenvalue weighted by Gasteiger charge is -2.19. The van der Waals surface area contributed by atoms with Gasteiger partial charge >= 0.3 is 5.97 Å². The summed E-state index contributed by atoms with van der Waals surface area (Å²) in [6.07, 6.45) is 2.34. The molecule has 1 aliphatic carbocycles. The predicted octanol–water partition coefficient (Wildman–Crippen LogP) is 2.57. The van der Waals surface area contributed by atoms with Gasteiger partial charge in [-0.1, -0.05) is 0 Å². The Morgan fingerprint density at radius 3 is 2.75 bits per heavy atom. The molecule has 0 unspecified atom stereocenters. The van der Waals surface area contributed by atoms with Gasteiger partial charge < -0.3 is 15.2 Å². The Bertz CT molecular complexity index is 498. The lowest BCUT2D eigenvalue weighted by Crippen LogP contribution is -2.30. The van der Waals surface area contributed by atoms with Gasteiger partial charge in [-0.3, -0.25) is 4.79 Å². The van der Waals surface area contributed by atoms with Gasteiger partial charge in [0, 0.05) is 18.7 Å². The molecule has 1 aromatic carbocycles. The molecule has 0 heterocycles. The average molecular weight is 281 g/mol. The molecule has 5 heteroatoms. The molecule has 0 saturated heterocycles. The van der Waals surface area contributed by atoms with Crippen LogP contribution in [0.4, 0.5) is 4.39 Å². The first-order chi connectivity index (χ1) is 9.37. The first-order valence-corrected chi connectivity index (χ1v) is 6.76. The lowest BCUT2D eigenvalue weighted by atomic mass is 9.95. The summed E-state index contributed by atoms with van der Waals surface area (Å²) in [7, 11) is 0. The summed E-state index contributed by atoms with van der Waals surface area (Å²) in [5, 5.41) is 12.3. The molecule has 0 aromatic heterocycles. The second kappa shape index (κ2) is 5.79. The van der Waals surface area contributed by atoms with Gasteiger partial charge in [0.15, 0.2) is 0 Å². The molecule has 0 radical (unpaired) electrons. The molecule has 0 bridgehead atoms. The van der Waals surface area contributed by atoms with Gasteiger partial charge in [-0.05, 0) is 44.4 Å². The minimum Gasteiger partial charge on any atom is -0.492 e. The van der Waals surface area contributed by atoms with Crippen LogP contribution < -0.4 is 10.1 Å². The highest BCUT2D eigenvalue weighted by atomic mass is 19.1. The number of hydrogen-bond acceptors (Lipinski definition) is 3. The largest absolute Gasteiger partial charge is 0.492 e. The van der Waals surface area contributed by atoms with Crippen LogP contribution in [0, 0.1) is 11.2 Å². The van der Waals surface area contributed by atoms with Crippen molar-refractivity contribution in [2.75, 3.05) is 6.61 Å². The number of rotatable bonds is 7. The summed E-state index contributed by atoms with van der Waals surface area (Å²) in [6.45, 7) is 3.75. The molecule has 0 amide bonds. The fourth-order valence-corrected chi connectivity index (χ4v) is 1.68. The topological polar surface area (TPSA) is 58.6 Å². The number of hydrogen-bond donors (Lipinski definition) is 2.